The monoisotopic (exact) mass is 338 g/mol. The van der Waals surface area contributed by atoms with Crippen molar-refractivity contribution in [2.75, 3.05) is 38.6 Å². The lowest BCUT2D eigenvalue weighted by atomic mass is 10.00. The summed E-state index contributed by atoms with van der Waals surface area (Å²) in [7, 11) is 0. The van der Waals surface area contributed by atoms with Crippen LogP contribution in [0.2, 0.25) is 0 Å². The number of amides is 1. The molecule has 3 heterocycles. The van der Waals surface area contributed by atoms with Crippen molar-refractivity contribution in [2.24, 2.45) is 0 Å². The van der Waals surface area contributed by atoms with Gasteiger partial charge in [0.05, 0.1) is 25.3 Å². The molecule has 4 rings (SSSR count). The normalized spacial score (nSPS) is 23.9. The van der Waals surface area contributed by atoms with Crippen LogP contribution in [0.5, 0.6) is 0 Å². The molecule has 1 amide bonds. The van der Waals surface area contributed by atoms with Crippen LogP contribution in [-0.4, -0.2) is 59.6 Å². The Labute approximate surface area is 147 Å². The third-order valence-electron chi connectivity index (χ3n) is 4.98. The van der Waals surface area contributed by atoms with Gasteiger partial charge in [0.25, 0.3) is 5.91 Å². The average Bonchev–Trinajstić information content (AvgIpc) is 2.67. The highest BCUT2D eigenvalue weighted by atomic mass is 16.5. The minimum Gasteiger partial charge on any atom is -0.384 e. The average molecular weight is 338 g/mol. The summed E-state index contributed by atoms with van der Waals surface area (Å²) in [5.41, 5.74) is 7.38. The third-order valence-corrected chi connectivity index (χ3v) is 4.98. The Bertz CT molecular complexity index is 752. The van der Waals surface area contributed by atoms with E-state index in [1.807, 2.05) is 11.0 Å². The zero-order chi connectivity index (χ0) is 17.2. The van der Waals surface area contributed by atoms with Crippen molar-refractivity contribution in [3.8, 4) is 0 Å². The van der Waals surface area contributed by atoms with E-state index in [1.165, 1.54) is 5.56 Å². The van der Waals surface area contributed by atoms with Gasteiger partial charge in [-0.3, -0.25) is 9.69 Å². The van der Waals surface area contributed by atoms with Crippen LogP contribution in [0.3, 0.4) is 0 Å². The second-order valence-corrected chi connectivity index (χ2v) is 6.55. The first kappa shape index (κ1) is 16.1. The van der Waals surface area contributed by atoms with E-state index in [1.54, 1.807) is 18.2 Å². The molecule has 2 atom stereocenters. The maximum atomic E-state index is 12.7. The number of rotatable bonds is 2. The summed E-state index contributed by atoms with van der Waals surface area (Å²) in [5, 5.41) is 0. The van der Waals surface area contributed by atoms with Gasteiger partial charge in [0.1, 0.15) is 11.5 Å². The maximum Gasteiger partial charge on any atom is 0.272 e. The molecule has 2 aromatic rings. The summed E-state index contributed by atoms with van der Waals surface area (Å²) in [6, 6.07) is 16.1. The molecule has 0 unspecified atom stereocenters. The minimum absolute atomic E-state index is 0.0613. The number of hydrogen-bond donors (Lipinski definition) is 1. The van der Waals surface area contributed by atoms with Crippen LogP contribution < -0.4 is 5.73 Å². The summed E-state index contributed by atoms with van der Waals surface area (Å²) >= 11 is 0. The van der Waals surface area contributed by atoms with E-state index in [0.29, 0.717) is 37.8 Å². The van der Waals surface area contributed by atoms with Gasteiger partial charge in [-0.15, -0.1) is 0 Å². The Balaban J connectivity index is 1.49. The van der Waals surface area contributed by atoms with Crippen molar-refractivity contribution >= 4 is 11.7 Å². The fourth-order valence-corrected chi connectivity index (χ4v) is 3.72. The second kappa shape index (κ2) is 6.82. The van der Waals surface area contributed by atoms with Crippen LogP contribution in [0, 0.1) is 0 Å². The molecule has 0 radical (unpaired) electrons. The zero-order valence-corrected chi connectivity index (χ0v) is 14.0. The van der Waals surface area contributed by atoms with Crippen molar-refractivity contribution in [3.63, 3.8) is 0 Å². The highest BCUT2D eigenvalue weighted by Gasteiger charge is 2.37. The van der Waals surface area contributed by atoms with Gasteiger partial charge in [0.15, 0.2) is 0 Å². The van der Waals surface area contributed by atoms with E-state index in [-0.39, 0.29) is 18.0 Å². The van der Waals surface area contributed by atoms with Crippen LogP contribution in [0.25, 0.3) is 0 Å². The van der Waals surface area contributed by atoms with E-state index >= 15 is 0 Å². The van der Waals surface area contributed by atoms with Gasteiger partial charge < -0.3 is 15.4 Å². The number of carbonyl (C=O) groups is 1. The van der Waals surface area contributed by atoms with Crippen LogP contribution in [0.1, 0.15) is 22.1 Å². The largest absolute Gasteiger partial charge is 0.384 e. The highest BCUT2D eigenvalue weighted by molar-refractivity contribution is 5.92. The molecule has 2 saturated heterocycles. The van der Waals surface area contributed by atoms with E-state index in [2.05, 4.69) is 34.1 Å². The number of pyridine rings is 1. The number of ether oxygens (including phenoxy) is 1. The molecular weight excluding hydrogens is 316 g/mol. The maximum absolute atomic E-state index is 12.7. The first-order chi connectivity index (χ1) is 12.2. The number of hydrogen-bond acceptors (Lipinski definition) is 5. The summed E-state index contributed by atoms with van der Waals surface area (Å²) in [5.74, 6) is 0.309. The molecule has 130 valence electrons. The van der Waals surface area contributed by atoms with Crippen molar-refractivity contribution in [3.05, 3.63) is 59.8 Å². The van der Waals surface area contributed by atoms with Gasteiger partial charge in [0, 0.05) is 19.6 Å². The molecule has 0 spiro atoms. The van der Waals surface area contributed by atoms with Crippen LogP contribution in [0.4, 0.5) is 5.82 Å². The number of morpholine rings is 1. The van der Waals surface area contributed by atoms with Crippen LogP contribution in [-0.2, 0) is 4.74 Å². The molecule has 1 aromatic carbocycles. The first-order valence-corrected chi connectivity index (χ1v) is 8.62. The molecule has 2 aliphatic rings. The van der Waals surface area contributed by atoms with Gasteiger partial charge in [-0.05, 0) is 17.7 Å². The lowest BCUT2D eigenvalue weighted by Gasteiger charge is -2.48. The van der Waals surface area contributed by atoms with Gasteiger partial charge in [-0.25, -0.2) is 4.98 Å². The van der Waals surface area contributed by atoms with Crippen LogP contribution >= 0.6 is 0 Å². The lowest BCUT2D eigenvalue weighted by molar-refractivity contribution is -0.0770. The molecule has 0 saturated carbocycles. The number of anilines is 1. The Morgan fingerprint density at radius 3 is 2.72 bits per heavy atom. The molecule has 2 N–H and O–H groups in total. The SMILES string of the molecule is Nc1cccc(C(=O)N2CCN3[C@@H](COC[C@@H]3c3ccccc3)C2)n1. The minimum atomic E-state index is -0.0613. The highest BCUT2D eigenvalue weighted by Crippen LogP contribution is 2.29. The smallest absolute Gasteiger partial charge is 0.272 e. The molecule has 6 heteroatoms. The van der Waals surface area contributed by atoms with Crippen molar-refractivity contribution in [1.29, 1.82) is 0 Å². The van der Waals surface area contributed by atoms with Gasteiger partial charge >= 0.3 is 0 Å². The predicted molar refractivity (Wildman–Crippen MR) is 95.0 cm³/mol. The summed E-state index contributed by atoms with van der Waals surface area (Å²) in [6.07, 6.45) is 0. The molecule has 25 heavy (non-hydrogen) atoms. The van der Waals surface area contributed by atoms with E-state index in [9.17, 15) is 4.79 Å². The Morgan fingerprint density at radius 1 is 1.08 bits per heavy atom. The van der Waals surface area contributed by atoms with E-state index in [0.717, 1.165) is 6.54 Å². The fourth-order valence-electron chi connectivity index (χ4n) is 3.72. The summed E-state index contributed by atoms with van der Waals surface area (Å²) in [6.45, 7) is 3.53. The molecule has 0 bridgehead atoms. The Hall–Kier alpha value is -2.44. The molecular formula is C19H22N4O2. The Morgan fingerprint density at radius 2 is 1.92 bits per heavy atom. The van der Waals surface area contributed by atoms with Crippen LogP contribution in [0.15, 0.2) is 48.5 Å². The topological polar surface area (TPSA) is 71.7 Å². The van der Waals surface area contributed by atoms with Gasteiger partial charge in [-0.2, -0.15) is 0 Å². The van der Waals surface area contributed by atoms with Crippen molar-refractivity contribution in [2.45, 2.75) is 12.1 Å². The number of benzene rings is 1. The number of nitrogens with zero attached hydrogens (tertiary/aromatic N) is 3. The quantitative estimate of drug-likeness (QED) is 0.900. The number of nitrogens with two attached hydrogens (primary N) is 1. The van der Waals surface area contributed by atoms with E-state index in [4.69, 9.17) is 10.5 Å². The second-order valence-electron chi connectivity index (χ2n) is 6.55. The molecule has 6 nitrogen and oxygen atoms in total. The number of piperazine rings is 1. The summed E-state index contributed by atoms with van der Waals surface area (Å²) in [4.78, 5) is 21.2. The zero-order valence-electron chi connectivity index (χ0n) is 14.0. The molecule has 0 aliphatic carbocycles. The lowest BCUT2D eigenvalue weighted by Crippen LogP contribution is -2.60. The third kappa shape index (κ3) is 3.23. The first-order valence-electron chi connectivity index (χ1n) is 8.62. The fraction of sp³-hybridized carbons (Fsp3) is 0.368. The predicted octanol–water partition coefficient (Wildman–Crippen LogP) is 1.56. The number of carbonyl (C=O) groups excluding carboxylic acids is 1. The van der Waals surface area contributed by atoms with Gasteiger partial charge in [-0.1, -0.05) is 36.4 Å². The van der Waals surface area contributed by atoms with Gasteiger partial charge in [0.2, 0.25) is 0 Å². The Kier molecular flexibility index (Phi) is 4.38. The standard InChI is InChI=1S/C19H22N4O2/c20-18-8-4-7-16(21-18)19(24)22-9-10-23-15(11-22)12-25-13-17(23)14-5-2-1-3-6-14/h1-8,15,17H,9-13H2,(H2,20,21)/t15-,17-/m1/s1. The van der Waals surface area contributed by atoms with E-state index < -0.39 is 0 Å². The van der Waals surface area contributed by atoms with Crippen molar-refractivity contribution in [1.82, 2.24) is 14.8 Å². The number of fused-ring (bicyclic) bond motifs is 1. The van der Waals surface area contributed by atoms with Crippen molar-refractivity contribution < 1.29 is 9.53 Å². The number of aromatic nitrogens is 1. The molecule has 2 aliphatic heterocycles. The summed E-state index contributed by atoms with van der Waals surface area (Å²) < 4.78 is 5.84. The molecule has 2 fully saturated rings. The number of nitrogen functional groups attached to an aromatic ring is 1. The molecule has 1 aromatic heterocycles.